The van der Waals surface area contributed by atoms with Gasteiger partial charge in [-0.1, -0.05) is 30.7 Å². The van der Waals surface area contributed by atoms with Crippen molar-refractivity contribution in [1.82, 2.24) is 5.32 Å². The minimum Gasteiger partial charge on any atom is -0.396 e. The van der Waals surface area contributed by atoms with Gasteiger partial charge in [-0.3, -0.25) is 0 Å². The number of halogens is 1. The number of aliphatic hydroxyl groups excluding tert-OH is 1. The highest BCUT2D eigenvalue weighted by atomic mass is 35.5. The first-order valence-corrected chi connectivity index (χ1v) is 6.75. The van der Waals surface area contributed by atoms with Gasteiger partial charge in [0, 0.05) is 12.1 Å². The first-order chi connectivity index (χ1) is 8.91. The van der Waals surface area contributed by atoms with Crippen LogP contribution in [0.15, 0.2) is 18.2 Å². The summed E-state index contributed by atoms with van der Waals surface area (Å²) in [6.45, 7) is 5.79. The number of carbonyl (C=O) groups excluding carboxylic acids is 1. The lowest BCUT2D eigenvalue weighted by atomic mass is 9.95. The molecule has 0 saturated carbocycles. The summed E-state index contributed by atoms with van der Waals surface area (Å²) in [4.78, 5) is 12.0. The Morgan fingerprint density at radius 1 is 1.47 bits per heavy atom. The number of amides is 2. The lowest BCUT2D eigenvalue weighted by Crippen LogP contribution is -2.48. The highest BCUT2D eigenvalue weighted by Gasteiger charge is 2.23. The van der Waals surface area contributed by atoms with Gasteiger partial charge in [0.05, 0.1) is 10.7 Å². The van der Waals surface area contributed by atoms with E-state index in [0.717, 1.165) is 12.0 Å². The molecule has 1 rings (SSSR count). The molecule has 0 aromatic heterocycles. The Kier molecular flexibility index (Phi) is 5.63. The van der Waals surface area contributed by atoms with Gasteiger partial charge in [0.2, 0.25) is 0 Å². The number of hydrogen-bond donors (Lipinski definition) is 3. The average molecular weight is 285 g/mol. The predicted octanol–water partition coefficient (Wildman–Crippen LogP) is 3.32. The SMILES string of the molecule is CCC(C)(CCO)NC(=O)Nc1cccc(C)c1Cl. The van der Waals surface area contributed by atoms with E-state index in [1.165, 1.54) is 0 Å². The van der Waals surface area contributed by atoms with Gasteiger partial charge in [0.15, 0.2) is 0 Å². The monoisotopic (exact) mass is 284 g/mol. The Bertz CT molecular complexity index is 451. The van der Waals surface area contributed by atoms with Gasteiger partial charge in [-0.15, -0.1) is 0 Å². The lowest BCUT2D eigenvalue weighted by Gasteiger charge is -2.29. The minimum atomic E-state index is -0.421. The molecule has 0 bridgehead atoms. The van der Waals surface area contributed by atoms with Crippen LogP contribution in [0, 0.1) is 6.92 Å². The van der Waals surface area contributed by atoms with Crippen LogP contribution in [0.25, 0.3) is 0 Å². The van der Waals surface area contributed by atoms with Gasteiger partial charge in [-0.2, -0.15) is 0 Å². The molecule has 1 aromatic rings. The van der Waals surface area contributed by atoms with E-state index in [9.17, 15) is 4.79 Å². The Balaban J connectivity index is 2.72. The summed E-state index contributed by atoms with van der Waals surface area (Å²) in [5.41, 5.74) is 1.07. The number of nitrogens with one attached hydrogen (secondary N) is 2. The maximum absolute atomic E-state index is 12.0. The Morgan fingerprint density at radius 2 is 2.16 bits per heavy atom. The summed E-state index contributed by atoms with van der Waals surface area (Å²) in [6.07, 6.45) is 1.25. The van der Waals surface area contributed by atoms with E-state index < -0.39 is 5.54 Å². The van der Waals surface area contributed by atoms with E-state index in [4.69, 9.17) is 16.7 Å². The number of carbonyl (C=O) groups is 1. The Labute approximate surface area is 119 Å². The predicted molar refractivity (Wildman–Crippen MR) is 78.7 cm³/mol. The second-order valence-corrected chi connectivity index (χ2v) is 5.28. The van der Waals surface area contributed by atoms with Crippen LogP contribution in [0.3, 0.4) is 0 Å². The van der Waals surface area contributed by atoms with Crippen molar-refractivity contribution in [1.29, 1.82) is 0 Å². The summed E-state index contributed by atoms with van der Waals surface area (Å²) in [5, 5.41) is 15.2. The van der Waals surface area contributed by atoms with Crippen molar-refractivity contribution in [2.45, 2.75) is 39.2 Å². The number of hydrogen-bond acceptors (Lipinski definition) is 2. The number of anilines is 1. The third-order valence-electron chi connectivity index (χ3n) is 3.30. The molecule has 0 aliphatic heterocycles. The van der Waals surface area contributed by atoms with Crippen molar-refractivity contribution in [2.75, 3.05) is 11.9 Å². The summed E-state index contributed by atoms with van der Waals surface area (Å²) < 4.78 is 0. The van der Waals surface area contributed by atoms with Crippen molar-refractivity contribution in [3.63, 3.8) is 0 Å². The molecule has 0 radical (unpaired) electrons. The summed E-state index contributed by atoms with van der Waals surface area (Å²) in [7, 11) is 0. The van der Waals surface area contributed by atoms with E-state index in [-0.39, 0.29) is 12.6 Å². The summed E-state index contributed by atoms with van der Waals surface area (Å²) in [5.74, 6) is 0. The standard InChI is InChI=1S/C14H21ClN2O2/c1-4-14(3,8-9-18)17-13(19)16-11-7-5-6-10(2)12(11)15/h5-7,18H,4,8-9H2,1-3H3,(H2,16,17,19). The van der Waals surface area contributed by atoms with Gasteiger partial charge < -0.3 is 15.7 Å². The maximum Gasteiger partial charge on any atom is 0.319 e. The first-order valence-electron chi connectivity index (χ1n) is 6.37. The fourth-order valence-electron chi connectivity index (χ4n) is 1.75. The first kappa shape index (κ1) is 15.8. The molecule has 1 atom stereocenters. The van der Waals surface area contributed by atoms with Crippen molar-refractivity contribution in [3.05, 3.63) is 28.8 Å². The molecule has 0 aliphatic carbocycles. The van der Waals surface area contributed by atoms with Crippen LogP contribution in [0.2, 0.25) is 5.02 Å². The molecule has 19 heavy (non-hydrogen) atoms. The number of rotatable bonds is 5. The van der Waals surface area contributed by atoms with E-state index in [0.29, 0.717) is 17.1 Å². The fraction of sp³-hybridized carbons (Fsp3) is 0.500. The van der Waals surface area contributed by atoms with Crippen molar-refractivity contribution >= 4 is 23.3 Å². The van der Waals surface area contributed by atoms with Crippen LogP contribution in [0.5, 0.6) is 0 Å². The largest absolute Gasteiger partial charge is 0.396 e. The van der Waals surface area contributed by atoms with Crippen LogP contribution in [-0.2, 0) is 0 Å². The van der Waals surface area contributed by atoms with Gasteiger partial charge in [0.25, 0.3) is 0 Å². The minimum absolute atomic E-state index is 0.0375. The molecule has 0 heterocycles. The lowest BCUT2D eigenvalue weighted by molar-refractivity contribution is 0.208. The van der Waals surface area contributed by atoms with E-state index in [1.807, 2.05) is 32.9 Å². The molecule has 2 amide bonds. The fourth-order valence-corrected chi connectivity index (χ4v) is 1.92. The van der Waals surface area contributed by atoms with Crippen LogP contribution < -0.4 is 10.6 Å². The van der Waals surface area contributed by atoms with Gasteiger partial charge in [-0.05, 0) is 38.3 Å². The quantitative estimate of drug-likeness (QED) is 0.777. The van der Waals surface area contributed by atoms with Crippen molar-refractivity contribution in [3.8, 4) is 0 Å². The van der Waals surface area contributed by atoms with Gasteiger partial charge in [0.1, 0.15) is 0 Å². The number of benzene rings is 1. The zero-order valence-electron chi connectivity index (χ0n) is 11.6. The molecule has 1 unspecified atom stereocenters. The van der Waals surface area contributed by atoms with Crippen LogP contribution in [0.1, 0.15) is 32.3 Å². The molecule has 3 N–H and O–H groups in total. The van der Waals surface area contributed by atoms with Crippen molar-refractivity contribution < 1.29 is 9.90 Å². The van der Waals surface area contributed by atoms with Crippen LogP contribution >= 0.6 is 11.6 Å². The molecule has 106 valence electrons. The molecular weight excluding hydrogens is 264 g/mol. The molecule has 0 aliphatic rings. The zero-order valence-corrected chi connectivity index (χ0v) is 12.3. The molecular formula is C14H21ClN2O2. The molecule has 1 aromatic carbocycles. The van der Waals surface area contributed by atoms with E-state index in [2.05, 4.69) is 10.6 Å². The van der Waals surface area contributed by atoms with Gasteiger partial charge in [-0.25, -0.2) is 4.79 Å². The zero-order chi connectivity index (χ0) is 14.5. The second kappa shape index (κ2) is 6.78. The van der Waals surface area contributed by atoms with Gasteiger partial charge >= 0.3 is 6.03 Å². The molecule has 4 nitrogen and oxygen atoms in total. The normalized spacial score (nSPS) is 13.7. The second-order valence-electron chi connectivity index (χ2n) is 4.90. The Hall–Kier alpha value is -1.26. The molecule has 5 heteroatoms. The molecule has 0 fully saturated rings. The smallest absolute Gasteiger partial charge is 0.319 e. The van der Waals surface area contributed by atoms with Crippen LogP contribution in [-0.4, -0.2) is 23.3 Å². The van der Waals surface area contributed by atoms with Crippen LogP contribution in [0.4, 0.5) is 10.5 Å². The number of urea groups is 1. The summed E-state index contributed by atoms with van der Waals surface area (Å²) in [6, 6.07) is 5.16. The van der Waals surface area contributed by atoms with E-state index in [1.54, 1.807) is 6.07 Å². The molecule has 0 saturated heterocycles. The maximum atomic E-state index is 12.0. The third-order valence-corrected chi connectivity index (χ3v) is 3.80. The van der Waals surface area contributed by atoms with Crippen molar-refractivity contribution in [2.24, 2.45) is 0 Å². The Morgan fingerprint density at radius 3 is 2.74 bits per heavy atom. The number of aliphatic hydroxyl groups is 1. The topological polar surface area (TPSA) is 61.4 Å². The summed E-state index contributed by atoms with van der Waals surface area (Å²) >= 11 is 6.12. The number of aryl methyl sites for hydroxylation is 1. The average Bonchev–Trinajstić information content (AvgIpc) is 2.35. The molecule has 0 spiro atoms. The third kappa shape index (κ3) is 4.40. The highest BCUT2D eigenvalue weighted by Crippen LogP contribution is 2.25. The highest BCUT2D eigenvalue weighted by molar-refractivity contribution is 6.34. The van der Waals surface area contributed by atoms with E-state index >= 15 is 0 Å².